The summed E-state index contributed by atoms with van der Waals surface area (Å²) in [5.41, 5.74) is 1.18. The molecule has 0 aliphatic carbocycles. The normalized spacial score (nSPS) is 25.2. The van der Waals surface area contributed by atoms with Crippen molar-refractivity contribution in [1.29, 1.82) is 0 Å². The van der Waals surface area contributed by atoms with Gasteiger partial charge >= 0.3 is 0 Å². The molecule has 0 amide bonds. The Labute approximate surface area is 95.8 Å². The first kappa shape index (κ1) is 11.3. The van der Waals surface area contributed by atoms with Gasteiger partial charge in [0.2, 0.25) is 0 Å². The zero-order valence-electron chi connectivity index (χ0n) is 9.26. The molecule has 1 fully saturated rings. The van der Waals surface area contributed by atoms with Crippen LogP contribution in [0, 0.1) is 5.92 Å². The van der Waals surface area contributed by atoms with Gasteiger partial charge in [-0.1, -0.05) is 30.3 Å². The number of rotatable bonds is 4. The van der Waals surface area contributed by atoms with Gasteiger partial charge in [-0.05, 0) is 12.0 Å². The number of aldehydes is 1. The predicted molar refractivity (Wildman–Crippen MR) is 62.1 cm³/mol. The molecule has 0 saturated carbocycles. The van der Waals surface area contributed by atoms with Crippen LogP contribution < -0.4 is 5.32 Å². The summed E-state index contributed by atoms with van der Waals surface area (Å²) in [4.78, 5) is 10.7. The molecule has 0 spiro atoms. The van der Waals surface area contributed by atoms with Crippen LogP contribution in [0.25, 0.3) is 0 Å². The lowest BCUT2D eigenvalue weighted by Gasteiger charge is -2.27. The first-order chi connectivity index (χ1) is 7.88. The van der Waals surface area contributed by atoms with Gasteiger partial charge < -0.3 is 14.8 Å². The lowest BCUT2D eigenvalue weighted by atomic mass is 9.99. The molecule has 0 bridgehead atoms. The summed E-state index contributed by atoms with van der Waals surface area (Å²) in [6.07, 6.45) is 2.01. The number of piperidine rings is 1. The third-order valence-electron chi connectivity index (χ3n) is 2.87. The highest BCUT2D eigenvalue weighted by atomic mass is 16.5. The molecule has 2 atom stereocenters. The fourth-order valence-electron chi connectivity index (χ4n) is 1.95. The number of nitrogens with one attached hydrogen (secondary N) is 1. The standard InChI is InChI=1S/C13H17NO2/c15-9-12-6-13(8-14-7-12)16-10-11-4-2-1-3-5-11/h1-5,9,12-14H,6-8,10H2. The van der Waals surface area contributed by atoms with Crippen LogP contribution >= 0.6 is 0 Å². The van der Waals surface area contributed by atoms with Crippen molar-refractivity contribution in [2.24, 2.45) is 5.92 Å². The summed E-state index contributed by atoms with van der Waals surface area (Å²) in [6.45, 7) is 2.25. The van der Waals surface area contributed by atoms with Crippen LogP contribution in [0.1, 0.15) is 12.0 Å². The minimum atomic E-state index is 0.106. The maximum atomic E-state index is 10.7. The molecule has 2 rings (SSSR count). The Morgan fingerprint density at radius 2 is 2.12 bits per heavy atom. The minimum Gasteiger partial charge on any atom is -0.372 e. The third-order valence-corrected chi connectivity index (χ3v) is 2.87. The number of hydrogen-bond acceptors (Lipinski definition) is 3. The van der Waals surface area contributed by atoms with Gasteiger partial charge in [0.25, 0.3) is 0 Å². The minimum absolute atomic E-state index is 0.106. The average molecular weight is 219 g/mol. The maximum absolute atomic E-state index is 10.7. The molecule has 1 aromatic carbocycles. The molecule has 16 heavy (non-hydrogen) atoms. The Hall–Kier alpha value is -1.19. The van der Waals surface area contributed by atoms with Gasteiger partial charge in [0.1, 0.15) is 6.29 Å². The fraction of sp³-hybridized carbons (Fsp3) is 0.462. The summed E-state index contributed by atoms with van der Waals surface area (Å²) < 4.78 is 5.78. The molecule has 2 unspecified atom stereocenters. The zero-order chi connectivity index (χ0) is 11.2. The second-order valence-corrected chi connectivity index (χ2v) is 4.21. The van der Waals surface area contributed by atoms with Crippen LogP contribution in [0.15, 0.2) is 30.3 Å². The van der Waals surface area contributed by atoms with Crippen molar-refractivity contribution in [2.45, 2.75) is 19.1 Å². The highest BCUT2D eigenvalue weighted by molar-refractivity contribution is 5.54. The van der Waals surface area contributed by atoms with Gasteiger partial charge in [-0.2, -0.15) is 0 Å². The molecule has 0 aromatic heterocycles. The Morgan fingerprint density at radius 1 is 1.31 bits per heavy atom. The smallest absolute Gasteiger partial charge is 0.124 e. The van der Waals surface area contributed by atoms with Gasteiger partial charge in [0.15, 0.2) is 0 Å². The summed E-state index contributed by atoms with van der Waals surface area (Å²) in [5, 5.41) is 3.22. The van der Waals surface area contributed by atoms with E-state index in [9.17, 15) is 4.79 Å². The topological polar surface area (TPSA) is 38.3 Å². The predicted octanol–water partition coefficient (Wildman–Crippen LogP) is 1.38. The van der Waals surface area contributed by atoms with E-state index in [0.717, 1.165) is 25.8 Å². The van der Waals surface area contributed by atoms with Crippen LogP contribution in [0.2, 0.25) is 0 Å². The van der Waals surface area contributed by atoms with Crippen molar-refractivity contribution in [1.82, 2.24) is 5.32 Å². The first-order valence-electron chi connectivity index (χ1n) is 5.70. The second-order valence-electron chi connectivity index (χ2n) is 4.21. The van der Waals surface area contributed by atoms with Gasteiger partial charge in [0, 0.05) is 19.0 Å². The van der Waals surface area contributed by atoms with E-state index >= 15 is 0 Å². The van der Waals surface area contributed by atoms with E-state index in [1.54, 1.807) is 0 Å². The highest BCUT2D eigenvalue weighted by Crippen LogP contribution is 2.13. The molecular formula is C13H17NO2. The van der Waals surface area contributed by atoms with E-state index < -0.39 is 0 Å². The van der Waals surface area contributed by atoms with E-state index in [1.165, 1.54) is 5.56 Å². The van der Waals surface area contributed by atoms with Gasteiger partial charge in [-0.15, -0.1) is 0 Å². The van der Waals surface area contributed by atoms with Crippen molar-refractivity contribution < 1.29 is 9.53 Å². The molecule has 3 heteroatoms. The van der Waals surface area contributed by atoms with Crippen LogP contribution in [0.3, 0.4) is 0 Å². The summed E-state index contributed by atoms with van der Waals surface area (Å²) >= 11 is 0. The van der Waals surface area contributed by atoms with E-state index in [0.29, 0.717) is 6.61 Å². The number of ether oxygens (including phenoxy) is 1. The molecule has 1 aliphatic heterocycles. The summed E-state index contributed by atoms with van der Waals surface area (Å²) in [5.74, 6) is 0.106. The molecule has 1 aromatic rings. The van der Waals surface area contributed by atoms with Crippen molar-refractivity contribution in [3.63, 3.8) is 0 Å². The molecule has 1 heterocycles. The van der Waals surface area contributed by atoms with Crippen LogP contribution in [-0.2, 0) is 16.1 Å². The summed E-state index contributed by atoms with van der Waals surface area (Å²) in [6, 6.07) is 10.1. The van der Waals surface area contributed by atoms with Crippen LogP contribution in [-0.4, -0.2) is 25.5 Å². The van der Waals surface area contributed by atoms with Crippen LogP contribution in [0.4, 0.5) is 0 Å². The number of carbonyl (C=O) groups is 1. The van der Waals surface area contributed by atoms with Crippen molar-refractivity contribution in [2.75, 3.05) is 13.1 Å². The second kappa shape index (κ2) is 5.77. The van der Waals surface area contributed by atoms with Crippen molar-refractivity contribution >= 4 is 6.29 Å². The first-order valence-corrected chi connectivity index (χ1v) is 5.70. The fourth-order valence-corrected chi connectivity index (χ4v) is 1.95. The molecule has 1 aliphatic rings. The van der Waals surface area contributed by atoms with Gasteiger partial charge in [-0.3, -0.25) is 0 Å². The molecule has 1 N–H and O–H groups in total. The van der Waals surface area contributed by atoms with Gasteiger partial charge in [-0.25, -0.2) is 0 Å². The SMILES string of the molecule is O=CC1CNCC(OCc2ccccc2)C1. The third kappa shape index (κ3) is 3.15. The van der Waals surface area contributed by atoms with E-state index in [-0.39, 0.29) is 12.0 Å². The monoisotopic (exact) mass is 219 g/mol. The Balaban J connectivity index is 1.79. The molecule has 86 valence electrons. The van der Waals surface area contributed by atoms with E-state index in [2.05, 4.69) is 5.32 Å². The Bertz CT molecular complexity index is 326. The molecule has 3 nitrogen and oxygen atoms in total. The number of carbonyl (C=O) groups excluding carboxylic acids is 1. The molecular weight excluding hydrogens is 202 g/mol. The highest BCUT2D eigenvalue weighted by Gasteiger charge is 2.21. The lowest BCUT2D eigenvalue weighted by Crippen LogP contribution is -2.41. The lowest BCUT2D eigenvalue weighted by molar-refractivity contribution is -0.113. The molecule has 0 radical (unpaired) electrons. The van der Waals surface area contributed by atoms with E-state index in [4.69, 9.17) is 4.74 Å². The van der Waals surface area contributed by atoms with E-state index in [1.807, 2.05) is 30.3 Å². The zero-order valence-corrected chi connectivity index (χ0v) is 9.26. The largest absolute Gasteiger partial charge is 0.372 e. The van der Waals surface area contributed by atoms with Crippen LogP contribution in [0.5, 0.6) is 0 Å². The Morgan fingerprint density at radius 3 is 2.88 bits per heavy atom. The number of hydrogen-bond donors (Lipinski definition) is 1. The summed E-state index contributed by atoms with van der Waals surface area (Å²) in [7, 11) is 0. The van der Waals surface area contributed by atoms with Crippen molar-refractivity contribution in [3.8, 4) is 0 Å². The average Bonchev–Trinajstić information content (AvgIpc) is 2.38. The van der Waals surface area contributed by atoms with Crippen molar-refractivity contribution in [3.05, 3.63) is 35.9 Å². The maximum Gasteiger partial charge on any atom is 0.124 e. The van der Waals surface area contributed by atoms with Gasteiger partial charge in [0.05, 0.1) is 12.7 Å². The number of benzene rings is 1. The quantitative estimate of drug-likeness (QED) is 0.777. The Kier molecular flexibility index (Phi) is 4.08. The molecule has 1 saturated heterocycles.